The van der Waals surface area contributed by atoms with Gasteiger partial charge in [-0.25, -0.2) is 0 Å². The van der Waals surface area contributed by atoms with Gasteiger partial charge in [0.2, 0.25) is 0 Å². The number of fused-ring (bicyclic) bond motifs is 2. The number of hydrogen-bond acceptors (Lipinski definition) is 5. The Bertz CT molecular complexity index is 963. The maximum absolute atomic E-state index is 11.2. The number of hydrogen-bond donors (Lipinski definition) is 1. The van der Waals surface area contributed by atoms with Gasteiger partial charge in [0.1, 0.15) is 23.9 Å². The molecule has 0 spiro atoms. The molecule has 0 bridgehead atoms. The monoisotopic (exact) mass is 336 g/mol. The first-order valence-corrected chi connectivity index (χ1v) is 8.28. The van der Waals surface area contributed by atoms with Gasteiger partial charge in [0.05, 0.1) is 29.5 Å². The van der Waals surface area contributed by atoms with Crippen molar-refractivity contribution in [1.29, 1.82) is 0 Å². The lowest BCUT2D eigenvalue weighted by molar-refractivity contribution is 0.112. The van der Waals surface area contributed by atoms with Crippen molar-refractivity contribution in [3.8, 4) is 5.75 Å². The topological polar surface area (TPSA) is 59.4 Å². The average Bonchev–Trinajstić information content (AvgIpc) is 3.18. The van der Waals surface area contributed by atoms with Crippen molar-refractivity contribution in [2.24, 2.45) is 0 Å². The summed E-state index contributed by atoms with van der Waals surface area (Å²) in [4.78, 5) is 17.8. The second-order valence-corrected chi connectivity index (χ2v) is 6.12. The van der Waals surface area contributed by atoms with E-state index in [1.165, 1.54) is 0 Å². The Labute approximate surface area is 146 Å². The standard InChI is InChI=1S/C19H20N4O2/c1-4-23-15-6-5-7-20-13(15)10-16(23)19-21-14-8-12(11-24)9-17(25-3)18(14)22(19)2/h5-11,19,21H,4H2,1-3H3. The minimum absolute atomic E-state index is 0.0556. The van der Waals surface area contributed by atoms with Crippen molar-refractivity contribution in [1.82, 2.24) is 9.55 Å². The molecular formula is C19H20N4O2. The number of nitrogens with one attached hydrogen (secondary N) is 1. The van der Waals surface area contributed by atoms with Crippen LogP contribution in [0.2, 0.25) is 0 Å². The number of methoxy groups -OCH3 is 1. The summed E-state index contributed by atoms with van der Waals surface area (Å²) in [6.07, 6.45) is 2.59. The number of benzene rings is 1. The van der Waals surface area contributed by atoms with Crippen LogP contribution in [0.5, 0.6) is 5.75 Å². The van der Waals surface area contributed by atoms with Gasteiger partial charge in [-0.05, 0) is 37.3 Å². The lowest BCUT2D eigenvalue weighted by atomic mass is 10.1. The molecule has 0 fully saturated rings. The second-order valence-electron chi connectivity index (χ2n) is 6.12. The summed E-state index contributed by atoms with van der Waals surface area (Å²) in [6, 6.07) is 9.79. The van der Waals surface area contributed by atoms with Crippen LogP contribution >= 0.6 is 0 Å². The number of rotatable bonds is 4. The summed E-state index contributed by atoms with van der Waals surface area (Å²) in [5, 5.41) is 3.52. The number of pyridine rings is 1. The van der Waals surface area contributed by atoms with Crippen LogP contribution in [-0.4, -0.2) is 30.0 Å². The Morgan fingerprint density at radius 1 is 1.36 bits per heavy atom. The first kappa shape index (κ1) is 15.5. The fourth-order valence-electron chi connectivity index (χ4n) is 3.66. The van der Waals surface area contributed by atoms with Crippen molar-refractivity contribution in [3.63, 3.8) is 0 Å². The van der Waals surface area contributed by atoms with Gasteiger partial charge in [-0.15, -0.1) is 0 Å². The van der Waals surface area contributed by atoms with E-state index < -0.39 is 0 Å². The molecule has 1 N–H and O–H groups in total. The lowest BCUT2D eigenvalue weighted by Gasteiger charge is -2.24. The zero-order valence-electron chi connectivity index (χ0n) is 14.5. The fraction of sp³-hybridized carbons (Fsp3) is 0.263. The van der Waals surface area contributed by atoms with Crippen LogP contribution in [0.25, 0.3) is 11.0 Å². The molecule has 0 radical (unpaired) electrons. The Kier molecular flexibility index (Phi) is 3.60. The van der Waals surface area contributed by atoms with E-state index >= 15 is 0 Å². The third-order valence-corrected chi connectivity index (χ3v) is 4.79. The molecule has 0 saturated heterocycles. The van der Waals surface area contributed by atoms with Gasteiger partial charge >= 0.3 is 0 Å². The molecule has 1 aliphatic heterocycles. The normalized spacial score (nSPS) is 16.0. The fourth-order valence-corrected chi connectivity index (χ4v) is 3.66. The number of carbonyl (C=O) groups excluding carboxylic acids is 1. The molecule has 128 valence electrons. The first-order chi connectivity index (χ1) is 12.2. The highest BCUT2D eigenvalue weighted by Gasteiger charge is 2.33. The van der Waals surface area contributed by atoms with Crippen molar-refractivity contribution in [2.75, 3.05) is 24.4 Å². The minimum atomic E-state index is -0.0556. The molecule has 1 unspecified atom stereocenters. The summed E-state index contributed by atoms with van der Waals surface area (Å²) in [5.74, 6) is 0.689. The van der Waals surface area contributed by atoms with E-state index in [1.54, 1.807) is 13.2 Å². The zero-order valence-corrected chi connectivity index (χ0v) is 14.5. The van der Waals surface area contributed by atoms with E-state index in [9.17, 15) is 4.79 Å². The molecule has 2 aromatic heterocycles. The van der Waals surface area contributed by atoms with Gasteiger partial charge in [0.15, 0.2) is 0 Å². The van der Waals surface area contributed by atoms with E-state index in [0.29, 0.717) is 11.3 Å². The van der Waals surface area contributed by atoms with Gasteiger partial charge in [0, 0.05) is 25.4 Å². The molecule has 3 heterocycles. The van der Waals surface area contributed by atoms with Gasteiger partial charge in [-0.3, -0.25) is 9.78 Å². The molecule has 0 amide bonds. The van der Waals surface area contributed by atoms with Crippen molar-refractivity contribution in [2.45, 2.75) is 19.6 Å². The van der Waals surface area contributed by atoms with Crippen LogP contribution < -0.4 is 15.0 Å². The SMILES string of the molecule is CCn1c(C2Nc3cc(C=O)cc(OC)c3N2C)cc2ncccc21. The van der Waals surface area contributed by atoms with Crippen LogP contribution in [0.3, 0.4) is 0 Å². The van der Waals surface area contributed by atoms with Crippen molar-refractivity contribution < 1.29 is 9.53 Å². The Balaban J connectivity index is 1.85. The largest absolute Gasteiger partial charge is 0.494 e. The Morgan fingerprint density at radius 2 is 2.20 bits per heavy atom. The van der Waals surface area contributed by atoms with E-state index in [1.807, 2.05) is 25.4 Å². The third-order valence-electron chi connectivity index (χ3n) is 4.79. The maximum Gasteiger partial charge on any atom is 0.150 e. The van der Waals surface area contributed by atoms with Crippen LogP contribution in [0.4, 0.5) is 11.4 Å². The second kappa shape index (κ2) is 5.81. The highest BCUT2D eigenvalue weighted by molar-refractivity contribution is 5.89. The molecule has 6 nitrogen and oxygen atoms in total. The summed E-state index contributed by atoms with van der Waals surface area (Å²) in [6.45, 7) is 2.98. The van der Waals surface area contributed by atoms with E-state index in [0.717, 1.165) is 40.9 Å². The zero-order chi connectivity index (χ0) is 17.6. The third kappa shape index (κ3) is 2.25. The molecule has 0 aliphatic carbocycles. The molecule has 6 heteroatoms. The van der Waals surface area contributed by atoms with E-state index in [4.69, 9.17) is 4.74 Å². The summed E-state index contributed by atoms with van der Waals surface area (Å²) in [7, 11) is 3.65. The van der Waals surface area contributed by atoms with Crippen LogP contribution in [0, 0.1) is 0 Å². The Hall–Kier alpha value is -3.02. The molecule has 1 aliphatic rings. The summed E-state index contributed by atoms with van der Waals surface area (Å²) >= 11 is 0. The number of nitrogens with zero attached hydrogens (tertiary/aromatic N) is 3. The number of aromatic nitrogens is 2. The molecule has 25 heavy (non-hydrogen) atoms. The van der Waals surface area contributed by atoms with Crippen LogP contribution in [0.15, 0.2) is 36.5 Å². The van der Waals surface area contributed by atoms with Gasteiger partial charge in [0.25, 0.3) is 0 Å². The van der Waals surface area contributed by atoms with Gasteiger partial charge in [-0.2, -0.15) is 0 Å². The average molecular weight is 336 g/mol. The van der Waals surface area contributed by atoms with Crippen LogP contribution in [0.1, 0.15) is 29.1 Å². The van der Waals surface area contributed by atoms with Crippen LogP contribution in [-0.2, 0) is 6.54 Å². The highest BCUT2D eigenvalue weighted by Crippen LogP contribution is 2.47. The summed E-state index contributed by atoms with van der Waals surface area (Å²) < 4.78 is 7.77. The maximum atomic E-state index is 11.2. The molecule has 1 aromatic carbocycles. The number of aryl methyl sites for hydroxylation is 1. The number of anilines is 2. The predicted molar refractivity (Wildman–Crippen MR) is 98.6 cm³/mol. The van der Waals surface area contributed by atoms with Crippen molar-refractivity contribution >= 4 is 28.7 Å². The lowest BCUT2D eigenvalue weighted by Crippen LogP contribution is -2.26. The molecule has 3 aromatic rings. The van der Waals surface area contributed by atoms with Crippen molar-refractivity contribution in [3.05, 3.63) is 47.8 Å². The molecule has 1 atom stereocenters. The predicted octanol–water partition coefficient (Wildman–Crippen LogP) is 3.44. The van der Waals surface area contributed by atoms with E-state index in [2.05, 4.69) is 38.8 Å². The van der Waals surface area contributed by atoms with Gasteiger partial charge < -0.3 is 19.5 Å². The molecule has 0 saturated carbocycles. The highest BCUT2D eigenvalue weighted by atomic mass is 16.5. The van der Waals surface area contributed by atoms with Gasteiger partial charge in [-0.1, -0.05) is 0 Å². The minimum Gasteiger partial charge on any atom is -0.494 e. The first-order valence-electron chi connectivity index (χ1n) is 8.28. The van der Waals surface area contributed by atoms with E-state index in [-0.39, 0.29) is 6.17 Å². The molecular weight excluding hydrogens is 316 g/mol. The summed E-state index contributed by atoms with van der Waals surface area (Å²) in [5.41, 5.74) is 5.67. The number of ether oxygens (including phenoxy) is 1. The quantitative estimate of drug-likeness (QED) is 0.740. The number of aldehydes is 1. The Morgan fingerprint density at radius 3 is 2.92 bits per heavy atom. The smallest absolute Gasteiger partial charge is 0.150 e. The molecule has 4 rings (SSSR count). The number of carbonyl (C=O) groups is 1.